The Morgan fingerprint density at radius 1 is 1.24 bits per heavy atom. The maximum atomic E-state index is 12.9. The summed E-state index contributed by atoms with van der Waals surface area (Å²) in [6, 6.07) is 7.99. The van der Waals surface area contributed by atoms with Gasteiger partial charge >= 0.3 is 0 Å². The number of nitrogens with zero attached hydrogens (tertiary/aromatic N) is 2. The highest BCUT2D eigenvalue weighted by Crippen LogP contribution is 2.37. The van der Waals surface area contributed by atoms with Crippen LogP contribution >= 0.6 is 11.8 Å². The van der Waals surface area contributed by atoms with Gasteiger partial charge < -0.3 is 5.32 Å². The van der Waals surface area contributed by atoms with Gasteiger partial charge in [0.05, 0.1) is 16.2 Å². The standard InChI is InChI=1S/C19H23N3O2S/c1-12(17(23)20-13-6-2-3-7-13)25-19-21-16-9-5-4-8-15(16)18(24)22(19)14-10-11-14/h4-5,8-9,12-14H,2-3,6-7,10-11H2,1H3,(H,20,23)/t12-/m1/s1. The number of para-hydroxylation sites is 1. The molecule has 25 heavy (non-hydrogen) atoms. The Labute approximate surface area is 151 Å². The maximum absolute atomic E-state index is 12.9. The Morgan fingerprint density at radius 2 is 1.96 bits per heavy atom. The molecule has 0 bridgehead atoms. The van der Waals surface area contributed by atoms with Gasteiger partial charge in [-0.1, -0.05) is 36.7 Å². The third kappa shape index (κ3) is 3.45. The second kappa shape index (κ2) is 6.83. The lowest BCUT2D eigenvalue weighted by molar-refractivity contribution is -0.120. The summed E-state index contributed by atoms with van der Waals surface area (Å²) in [6.45, 7) is 1.90. The normalized spacial score (nSPS) is 19.2. The average molecular weight is 357 g/mol. The van der Waals surface area contributed by atoms with Crippen LogP contribution in [0.5, 0.6) is 0 Å². The van der Waals surface area contributed by atoms with Gasteiger partial charge in [0.25, 0.3) is 5.56 Å². The zero-order chi connectivity index (χ0) is 17.4. The first kappa shape index (κ1) is 16.6. The van der Waals surface area contributed by atoms with E-state index in [1.807, 2.05) is 31.2 Å². The molecule has 4 rings (SSSR count). The molecule has 2 aromatic rings. The molecule has 132 valence electrons. The van der Waals surface area contributed by atoms with E-state index in [1.54, 1.807) is 4.57 Å². The van der Waals surface area contributed by atoms with Crippen LogP contribution in [0.3, 0.4) is 0 Å². The molecule has 0 radical (unpaired) electrons. The van der Waals surface area contributed by atoms with Crippen molar-refractivity contribution in [2.75, 3.05) is 0 Å². The van der Waals surface area contributed by atoms with Crippen molar-refractivity contribution in [2.24, 2.45) is 0 Å². The second-order valence-corrected chi connectivity index (χ2v) is 8.38. The summed E-state index contributed by atoms with van der Waals surface area (Å²) in [6.07, 6.45) is 6.56. The van der Waals surface area contributed by atoms with Crippen molar-refractivity contribution in [3.63, 3.8) is 0 Å². The molecule has 0 saturated heterocycles. The molecule has 0 spiro atoms. The highest BCUT2D eigenvalue weighted by Gasteiger charge is 2.30. The van der Waals surface area contributed by atoms with E-state index in [9.17, 15) is 9.59 Å². The number of aromatic nitrogens is 2. The number of hydrogen-bond donors (Lipinski definition) is 1. The number of hydrogen-bond acceptors (Lipinski definition) is 4. The zero-order valence-electron chi connectivity index (χ0n) is 14.4. The molecule has 2 aliphatic carbocycles. The predicted octanol–water partition coefficient (Wildman–Crippen LogP) is 3.27. The van der Waals surface area contributed by atoms with Crippen molar-refractivity contribution in [2.45, 2.75) is 67.9 Å². The zero-order valence-corrected chi connectivity index (χ0v) is 15.2. The van der Waals surface area contributed by atoms with Crippen LogP contribution in [-0.2, 0) is 4.79 Å². The van der Waals surface area contributed by atoms with E-state index in [0.717, 1.165) is 25.7 Å². The van der Waals surface area contributed by atoms with E-state index in [4.69, 9.17) is 4.98 Å². The summed E-state index contributed by atoms with van der Waals surface area (Å²) < 4.78 is 1.80. The third-order valence-corrected chi connectivity index (χ3v) is 6.11. The van der Waals surface area contributed by atoms with Gasteiger partial charge in [-0.3, -0.25) is 14.2 Å². The SMILES string of the molecule is C[C@@H](Sc1nc2ccccc2c(=O)n1C1CC1)C(=O)NC1CCCC1. The van der Waals surface area contributed by atoms with Gasteiger partial charge in [0, 0.05) is 12.1 Å². The van der Waals surface area contributed by atoms with Gasteiger partial charge in [0.2, 0.25) is 5.91 Å². The van der Waals surface area contributed by atoms with Crippen molar-refractivity contribution in [1.29, 1.82) is 0 Å². The van der Waals surface area contributed by atoms with E-state index in [-0.39, 0.29) is 22.8 Å². The second-order valence-electron chi connectivity index (χ2n) is 7.07. The summed E-state index contributed by atoms with van der Waals surface area (Å²) in [5.41, 5.74) is 0.717. The first-order chi connectivity index (χ1) is 12.1. The fourth-order valence-electron chi connectivity index (χ4n) is 3.46. The number of rotatable bonds is 5. The summed E-state index contributed by atoms with van der Waals surface area (Å²) in [5.74, 6) is 0.0432. The molecule has 6 heteroatoms. The Kier molecular flexibility index (Phi) is 4.54. The molecule has 2 fully saturated rings. The number of nitrogens with one attached hydrogen (secondary N) is 1. The van der Waals surface area contributed by atoms with Gasteiger partial charge in [0.15, 0.2) is 5.16 Å². The molecule has 0 unspecified atom stereocenters. The number of thioether (sulfide) groups is 1. The van der Waals surface area contributed by atoms with Gasteiger partial charge in [-0.05, 0) is 44.7 Å². The third-order valence-electron chi connectivity index (χ3n) is 5.04. The van der Waals surface area contributed by atoms with Crippen LogP contribution in [-0.4, -0.2) is 26.8 Å². The molecule has 2 saturated carbocycles. The minimum absolute atomic E-state index is 0.0130. The van der Waals surface area contributed by atoms with Crippen LogP contribution in [0.25, 0.3) is 10.9 Å². The van der Waals surface area contributed by atoms with Crippen molar-refractivity contribution >= 4 is 28.6 Å². The van der Waals surface area contributed by atoms with E-state index in [2.05, 4.69) is 5.32 Å². The van der Waals surface area contributed by atoms with Gasteiger partial charge in [-0.2, -0.15) is 0 Å². The van der Waals surface area contributed by atoms with E-state index in [0.29, 0.717) is 22.1 Å². The quantitative estimate of drug-likeness (QED) is 0.659. The first-order valence-electron chi connectivity index (χ1n) is 9.12. The summed E-state index contributed by atoms with van der Waals surface area (Å²) in [7, 11) is 0. The number of amides is 1. The lowest BCUT2D eigenvalue weighted by Crippen LogP contribution is -2.38. The molecule has 1 N–H and O–H groups in total. The molecule has 1 aromatic heterocycles. The summed E-state index contributed by atoms with van der Waals surface area (Å²) >= 11 is 1.40. The van der Waals surface area contributed by atoms with E-state index < -0.39 is 0 Å². The minimum atomic E-state index is -0.265. The molecule has 5 nitrogen and oxygen atoms in total. The lowest BCUT2D eigenvalue weighted by Gasteiger charge is -2.18. The number of benzene rings is 1. The number of carbonyl (C=O) groups is 1. The molecular formula is C19H23N3O2S. The van der Waals surface area contributed by atoms with Gasteiger partial charge in [-0.25, -0.2) is 4.98 Å². The fourth-order valence-corrected chi connectivity index (χ4v) is 4.45. The van der Waals surface area contributed by atoms with Crippen LogP contribution in [0.2, 0.25) is 0 Å². The molecule has 1 heterocycles. The molecular weight excluding hydrogens is 334 g/mol. The Hall–Kier alpha value is -1.82. The summed E-state index contributed by atoms with van der Waals surface area (Å²) in [5, 5.41) is 4.20. The van der Waals surface area contributed by atoms with Crippen LogP contribution in [0.4, 0.5) is 0 Å². The first-order valence-corrected chi connectivity index (χ1v) is 10.00. The molecule has 2 aliphatic rings. The maximum Gasteiger partial charge on any atom is 0.262 e. The van der Waals surface area contributed by atoms with Crippen LogP contribution in [0, 0.1) is 0 Å². The number of carbonyl (C=O) groups excluding carboxylic acids is 1. The lowest BCUT2D eigenvalue weighted by atomic mass is 10.2. The highest BCUT2D eigenvalue weighted by molar-refractivity contribution is 8.00. The topological polar surface area (TPSA) is 64.0 Å². The van der Waals surface area contributed by atoms with Gasteiger partial charge in [0.1, 0.15) is 0 Å². The molecule has 1 atom stereocenters. The van der Waals surface area contributed by atoms with E-state index >= 15 is 0 Å². The molecule has 1 aromatic carbocycles. The molecule has 1 amide bonds. The van der Waals surface area contributed by atoms with Crippen molar-refractivity contribution < 1.29 is 4.79 Å². The van der Waals surface area contributed by atoms with Crippen LogP contribution < -0.4 is 10.9 Å². The Bertz CT molecular complexity index is 853. The Balaban J connectivity index is 1.60. The van der Waals surface area contributed by atoms with E-state index in [1.165, 1.54) is 24.6 Å². The predicted molar refractivity (Wildman–Crippen MR) is 100.0 cm³/mol. The monoisotopic (exact) mass is 357 g/mol. The Morgan fingerprint density at radius 3 is 2.68 bits per heavy atom. The minimum Gasteiger partial charge on any atom is -0.352 e. The van der Waals surface area contributed by atoms with Crippen LogP contribution in [0.1, 0.15) is 51.5 Å². The largest absolute Gasteiger partial charge is 0.352 e. The van der Waals surface area contributed by atoms with Crippen molar-refractivity contribution in [1.82, 2.24) is 14.9 Å². The smallest absolute Gasteiger partial charge is 0.262 e. The highest BCUT2D eigenvalue weighted by atomic mass is 32.2. The van der Waals surface area contributed by atoms with Crippen molar-refractivity contribution in [3.8, 4) is 0 Å². The van der Waals surface area contributed by atoms with Crippen molar-refractivity contribution in [3.05, 3.63) is 34.6 Å². The number of fused-ring (bicyclic) bond motifs is 1. The molecule has 0 aliphatic heterocycles. The van der Waals surface area contributed by atoms with Gasteiger partial charge in [-0.15, -0.1) is 0 Å². The fraction of sp³-hybridized carbons (Fsp3) is 0.526. The average Bonchev–Trinajstić information content (AvgIpc) is 3.31. The van der Waals surface area contributed by atoms with Crippen LogP contribution in [0.15, 0.2) is 34.2 Å². The summed E-state index contributed by atoms with van der Waals surface area (Å²) in [4.78, 5) is 30.1.